The zero-order chi connectivity index (χ0) is 15.6. The zero-order valence-electron chi connectivity index (χ0n) is 13.6. The Labute approximate surface area is 140 Å². The van der Waals surface area contributed by atoms with Gasteiger partial charge in [-0.25, -0.2) is 0 Å². The lowest BCUT2D eigenvalue weighted by atomic mass is 9.94. The summed E-state index contributed by atoms with van der Waals surface area (Å²) in [6.45, 7) is 4.59. The maximum absolute atomic E-state index is 5.87. The molecule has 1 spiro atoms. The standard InChI is InChI=1S/C20H21NOS/c1-13-7-3-4-8-15(13)21-14(2)17-18-16(9-12-22-18)23-19(17)20(21)10-5-6-11-20/h3-4,7-9,12,14H,5-6,10-11H2,1-2H3/t14-/m0/s1. The van der Waals surface area contributed by atoms with Crippen molar-refractivity contribution in [2.24, 2.45) is 0 Å². The van der Waals surface area contributed by atoms with E-state index in [2.05, 4.69) is 49.1 Å². The number of para-hydroxylation sites is 1. The molecule has 0 amide bonds. The van der Waals surface area contributed by atoms with E-state index in [1.165, 1.54) is 47.2 Å². The van der Waals surface area contributed by atoms with E-state index < -0.39 is 0 Å². The van der Waals surface area contributed by atoms with Crippen LogP contribution in [0.2, 0.25) is 0 Å². The van der Waals surface area contributed by atoms with Gasteiger partial charge in [-0.1, -0.05) is 31.0 Å². The quantitative estimate of drug-likeness (QED) is 0.534. The Balaban J connectivity index is 1.78. The monoisotopic (exact) mass is 323 g/mol. The van der Waals surface area contributed by atoms with Crippen molar-refractivity contribution in [3.05, 3.63) is 52.6 Å². The third-order valence-electron chi connectivity index (χ3n) is 5.82. The Morgan fingerprint density at radius 3 is 2.74 bits per heavy atom. The van der Waals surface area contributed by atoms with E-state index in [4.69, 9.17) is 4.42 Å². The summed E-state index contributed by atoms with van der Waals surface area (Å²) < 4.78 is 7.19. The molecule has 118 valence electrons. The molecule has 3 aromatic rings. The van der Waals surface area contributed by atoms with Gasteiger partial charge in [0.05, 0.1) is 22.5 Å². The van der Waals surface area contributed by atoms with Crippen molar-refractivity contribution in [3.8, 4) is 0 Å². The van der Waals surface area contributed by atoms with Gasteiger partial charge in [0.1, 0.15) is 5.58 Å². The van der Waals surface area contributed by atoms with Crippen LogP contribution in [0.25, 0.3) is 10.3 Å². The maximum Gasteiger partial charge on any atom is 0.150 e. The first-order chi connectivity index (χ1) is 11.2. The number of aryl methyl sites for hydroxylation is 1. The van der Waals surface area contributed by atoms with Gasteiger partial charge in [0, 0.05) is 16.1 Å². The Bertz CT molecular complexity index is 884. The molecule has 2 nitrogen and oxygen atoms in total. The van der Waals surface area contributed by atoms with Crippen LogP contribution in [-0.4, -0.2) is 0 Å². The molecule has 0 saturated heterocycles. The number of anilines is 1. The average molecular weight is 323 g/mol. The van der Waals surface area contributed by atoms with Crippen molar-refractivity contribution in [2.45, 2.75) is 51.1 Å². The molecule has 0 bridgehead atoms. The highest BCUT2D eigenvalue weighted by molar-refractivity contribution is 7.19. The average Bonchev–Trinajstić information content (AvgIpc) is 3.26. The Hall–Kier alpha value is -1.74. The number of hydrogen-bond acceptors (Lipinski definition) is 3. The number of rotatable bonds is 1. The predicted molar refractivity (Wildman–Crippen MR) is 96.3 cm³/mol. The molecular formula is C20H21NOS. The topological polar surface area (TPSA) is 16.4 Å². The normalized spacial score (nSPS) is 22.3. The van der Waals surface area contributed by atoms with Crippen LogP contribution in [0.5, 0.6) is 0 Å². The van der Waals surface area contributed by atoms with Crippen LogP contribution in [0.3, 0.4) is 0 Å². The molecule has 1 saturated carbocycles. The van der Waals surface area contributed by atoms with Crippen molar-refractivity contribution in [1.29, 1.82) is 0 Å². The van der Waals surface area contributed by atoms with Crippen LogP contribution in [-0.2, 0) is 5.54 Å². The fourth-order valence-corrected chi connectivity index (χ4v) is 6.34. The van der Waals surface area contributed by atoms with E-state index in [1.54, 1.807) is 4.88 Å². The van der Waals surface area contributed by atoms with E-state index in [-0.39, 0.29) is 5.54 Å². The lowest BCUT2D eigenvalue weighted by molar-refractivity contribution is 0.421. The fourth-order valence-electron chi connectivity index (χ4n) is 4.88. The first-order valence-electron chi connectivity index (χ1n) is 8.58. The fraction of sp³-hybridized carbons (Fsp3) is 0.400. The van der Waals surface area contributed by atoms with Gasteiger partial charge in [0.15, 0.2) is 0 Å². The van der Waals surface area contributed by atoms with Crippen molar-refractivity contribution in [2.75, 3.05) is 4.90 Å². The summed E-state index contributed by atoms with van der Waals surface area (Å²) in [6.07, 6.45) is 7.02. The van der Waals surface area contributed by atoms with Gasteiger partial charge in [0.25, 0.3) is 0 Å². The highest BCUT2D eigenvalue weighted by atomic mass is 32.1. The molecule has 3 heterocycles. The van der Waals surface area contributed by atoms with Gasteiger partial charge in [0.2, 0.25) is 0 Å². The number of benzene rings is 1. The minimum Gasteiger partial charge on any atom is -0.463 e. The van der Waals surface area contributed by atoms with Crippen LogP contribution in [0.15, 0.2) is 41.0 Å². The summed E-state index contributed by atoms with van der Waals surface area (Å²) in [5.41, 5.74) is 5.52. The summed E-state index contributed by atoms with van der Waals surface area (Å²) in [5.74, 6) is 0. The van der Waals surface area contributed by atoms with Gasteiger partial charge in [-0.3, -0.25) is 0 Å². The second-order valence-electron chi connectivity index (χ2n) is 7.03. The molecule has 0 N–H and O–H groups in total. The molecule has 1 aliphatic carbocycles. The summed E-state index contributed by atoms with van der Waals surface area (Å²) >= 11 is 1.96. The molecule has 5 rings (SSSR count). The highest BCUT2D eigenvalue weighted by Gasteiger charge is 2.53. The molecule has 3 heteroatoms. The molecule has 1 fully saturated rings. The van der Waals surface area contributed by atoms with Crippen molar-refractivity contribution in [1.82, 2.24) is 0 Å². The molecule has 23 heavy (non-hydrogen) atoms. The molecular weight excluding hydrogens is 302 g/mol. The molecule has 1 atom stereocenters. The summed E-state index contributed by atoms with van der Waals surface area (Å²) in [6, 6.07) is 11.4. The van der Waals surface area contributed by atoms with Crippen LogP contribution in [0.1, 0.15) is 54.7 Å². The molecule has 2 aliphatic rings. The predicted octanol–water partition coefficient (Wildman–Crippen LogP) is 6.15. The molecule has 2 aromatic heterocycles. The lowest BCUT2D eigenvalue weighted by Gasteiger charge is -2.41. The number of fused-ring (bicyclic) bond motifs is 4. The van der Waals surface area contributed by atoms with Gasteiger partial charge in [-0.15, -0.1) is 11.3 Å². The Morgan fingerprint density at radius 1 is 1.17 bits per heavy atom. The molecule has 1 aliphatic heterocycles. The van der Waals surface area contributed by atoms with Gasteiger partial charge < -0.3 is 9.32 Å². The maximum atomic E-state index is 5.87. The summed E-state index contributed by atoms with van der Waals surface area (Å²) in [5, 5.41) is 0. The summed E-state index contributed by atoms with van der Waals surface area (Å²) in [4.78, 5) is 4.28. The SMILES string of the molecule is Cc1ccccc1N1[C@@H](C)c2c(sc3ccoc23)C12CCCC2. The van der Waals surface area contributed by atoms with E-state index in [0.717, 1.165) is 5.58 Å². The smallest absolute Gasteiger partial charge is 0.150 e. The van der Waals surface area contributed by atoms with Gasteiger partial charge >= 0.3 is 0 Å². The van der Waals surface area contributed by atoms with Crippen LogP contribution >= 0.6 is 11.3 Å². The number of hydrogen-bond donors (Lipinski definition) is 0. The van der Waals surface area contributed by atoms with Gasteiger partial charge in [-0.2, -0.15) is 0 Å². The van der Waals surface area contributed by atoms with Crippen molar-refractivity contribution < 1.29 is 4.42 Å². The minimum atomic E-state index is 0.188. The zero-order valence-corrected chi connectivity index (χ0v) is 14.5. The van der Waals surface area contributed by atoms with Crippen molar-refractivity contribution >= 4 is 27.3 Å². The Morgan fingerprint density at radius 2 is 1.96 bits per heavy atom. The molecule has 0 radical (unpaired) electrons. The first-order valence-corrected chi connectivity index (χ1v) is 9.39. The van der Waals surface area contributed by atoms with E-state index >= 15 is 0 Å². The minimum absolute atomic E-state index is 0.188. The second kappa shape index (κ2) is 4.64. The van der Waals surface area contributed by atoms with Crippen LogP contribution < -0.4 is 4.90 Å². The first kappa shape index (κ1) is 13.7. The van der Waals surface area contributed by atoms with Crippen molar-refractivity contribution in [3.63, 3.8) is 0 Å². The molecule has 1 aromatic carbocycles. The third kappa shape index (κ3) is 1.64. The summed E-state index contributed by atoms with van der Waals surface area (Å²) in [7, 11) is 0. The third-order valence-corrected chi connectivity index (χ3v) is 7.17. The van der Waals surface area contributed by atoms with Crippen LogP contribution in [0.4, 0.5) is 5.69 Å². The number of nitrogens with zero attached hydrogens (tertiary/aromatic N) is 1. The highest BCUT2D eigenvalue weighted by Crippen LogP contribution is 2.60. The lowest BCUT2D eigenvalue weighted by Crippen LogP contribution is -2.40. The van der Waals surface area contributed by atoms with E-state index in [9.17, 15) is 0 Å². The van der Waals surface area contributed by atoms with Crippen LogP contribution in [0, 0.1) is 6.92 Å². The second-order valence-corrected chi connectivity index (χ2v) is 8.08. The van der Waals surface area contributed by atoms with Gasteiger partial charge in [-0.05, 0) is 44.4 Å². The van der Waals surface area contributed by atoms with E-state index in [1.807, 2.05) is 17.6 Å². The number of thiophene rings is 1. The number of furan rings is 1. The largest absolute Gasteiger partial charge is 0.463 e. The van der Waals surface area contributed by atoms with E-state index in [0.29, 0.717) is 6.04 Å². The molecule has 0 unspecified atom stereocenters. The Kier molecular flexibility index (Phi) is 2.76.